The zero-order chi connectivity index (χ0) is 18.4. The van der Waals surface area contributed by atoms with Crippen LogP contribution in [0.5, 0.6) is 0 Å². The van der Waals surface area contributed by atoms with Crippen LogP contribution in [0.4, 0.5) is 4.79 Å². The number of nitrogens with one attached hydrogen (secondary N) is 1. The van der Waals surface area contributed by atoms with Crippen molar-refractivity contribution < 1.29 is 13.9 Å². The van der Waals surface area contributed by atoms with Gasteiger partial charge in [-0.15, -0.1) is 11.3 Å². The largest absolute Gasteiger partial charge is 0.450 e. The average molecular weight is 377 g/mol. The maximum atomic E-state index is 11.7. The summed E-state index contributed by atoms with van der Waals surface area (Å²) in [4.78, 5) is 23.1. The number of aromatic nitrogens is 1. The summed E-state index contributed by atoms with van der Waals surface area (Å²) in [6.45, 7) is 3.86. The lowest BCUT2D eigenvalue weighted by molar-refractivity contribution is 0.0963. The van der Waals surface area contributed by atoms with Crippen LogP contribution in [0.3, 0.4) is 0 Å². The van der Waals surface area contributed by atoms with Crippen LogP contribution in [0, 0.1) is 0 Å². The van der Waals surface area contributed by atoms with Crippen molar-refractivity contribution in [2.45, 2.75) is 32.4 Å². The van der Waals surface area contributed by atoms with Gasteiger partial charge in [-0.1, -0.05) is 6.07 Å². The van der Waals surface area contributed by atoms with Crippen LogP contribution < -0.4 is 11.1 Å². The van der Waals surface area contributed by atoms with E-state index in [-0.39, 0.29) is 12.1 Å². The van der Waals surface area contributed by atoms with Crippen molar-refractivity contribution in [1.82, 2.24) is 15.2 Å². The molecule has 2 aromatic rings. The molecule has 0 spiro atoms. The Balaban J connectivity index is 1.45. The molecule has 3 rings (SSSR count). The molecule has 0 bridgehead atoms. The predicted octanol–water partition coefficient (Wildman–Crippen LogP) is 2.43. The van der Waals surface area contributed by atoms with Crippen LogP contribution in [-0.4, -0.2) is 47.7 Å². The number of hydrogen-bond acceptors (Lipinski definition) is 6. The highest BCUT2D eigenvalue weighted by Gasteiger charge is 2.23. The Kier molecular flexibility index (Phi) is 6.11. The summed E-state index contributed by atoms with van der Waals surface area (Å²) in [6.07, 6.45) is 2.97. The Labute approximate surface area is 156 Å². The number of amides is 1. The predicted molar refractivity (Wildman–Crippen MR) is 99.9 cm³/mol. The highest BCUT2D eigenvalue weighted by molar-refractivity contribution is 7.13. The molecule has 0 unspecified atom stereocenters. The van der Waals surface area contributed by atoms with Crippen molar-refractivity contribution in [3.05, 3.63) is 29.5 Å². The molecule has 9 heteroatoms. The number of nitrogens with zero attached hydrogens (tertiary/aromatic N) is 3. The van der Waals surface area contributed by atoms with Crippen LogP contribution in [0.2, 0.25) is 0 Å². The van der Waals surface area contributed by atoms with Crippen LogP contribution in [0.15, 0.2) is 33.2 Å². The minimum absolute atomic E-state index is 0.198. The summed E-state index contributed by atoms with van der Waals surface area (Å²) >= 11 is 1.58. The second kappa shape index (κ2) is 8.70. The van der Waals surface area contributed by atoms with Crippen molar-refractivity contribution in [1.29, 1.82) is 0 Å². The number of ether oxygens (including phenoxy) is 1. The molecule has 0 aliphatic carbocycles. The zero-order valence-electron chi connectivity index (χ0n) is 14.7. The molecule has 0 saturated carbocycles. The van der Waals surface area contributed by atoms with Gasteiger partial charge in [0.2, 0.25) is 5.89 Å². The third-order valence-electron chi connectivity index (χ3n) is 4.07. The summed E-state index contributed by atoms with van der Waals surface area (Å²) in [6, 6.07) is 4.11. The normalized spacial score (nSPS) is 15.9. The molecule has 1 amide bonds. The Morgan fingerprint density at radius 1 is 1.54 bits per heavy atom. The lowest BCUT2D eigenvalue weighted by Crippen LogP contribution is -2.48. The van der Waals surface area contributed by atoms with E-state index in [0.29, 0.717) is 38.1 Å². The molecule has 8 nitrogen and oxygen atoms in total. The van der Waals surface area contributed by atoms with E-state index in [1.54, 1.807) is 22.5 Å². The lowest BCUT2D eigenvalue weighted by atomic mass is 10.1. The highest BCUT2D eigenvalue weighted by atomic mass is 32.1. The average Bonchev–Trinajstić information content (AvgIpc) is 3.32. The monoisotopic (exact) mass is 377 g/mol. The third kappa shape index (κ3) is 4.75. The van der Waals surface area contributed by atoms with E-state index < -0.39 is 0 Å². The first-order valence-corrected chi connectivity index (χ1v) is 9.50. The number of carbonyl (C=O) groups is 1. The Morgan fingerprint density at radius 3 is 3.04 bits per heavy atom. The molecular formula is C17H23N5O3S. The fourth-order valence-corrected chi connectivity index (χ4v) is 3.39. The Bertz CT molecular complexity index is 735. The number of oxazole rings is 1. The number of guanidine groups is 1. The first-order valence-electron chi connectivity index (χ1n) is 8.62. The van der Waals surface area contributed by atoms with Crippen LogP contribution in [-0.2, 0) is 11.3 Å². The molecule has 1 fully saturated rings. The standard InChI is InChI=1S/C17H23N5O3S/c1-2-24-17(23)22-7-5-12(6-8-22)21-16(18)19-10-13-11-25-15(20-13)14-4-3-9-26-14/h3-4,9,11-12H,2,5-8,10H2,1H3,(H3,18,19,21). The van der Waals surface area contributed by atoms with Crippen LogP contribution in [0.25, 0.3) is 10.8 Å². The maximum absolute atomic E-state index is 11.7. The van der Waals surface area contributed by atoms with Gasteiger partial charge in [-0.3, -0.25) is 0 Å². The van der Waals surface area contributed by atoms with Crippen molar-refractivity contribution >= 4 is 23.4 Å². The van der Waals surface area contributed by atoms with Crippen molar-refractivity contribution in [3.8, 4) is 10.8 Å². The SMILES string of the molecule is CCOC(=O)N1CCC(NC(N)=NCc2coc(-c3cccs3)n2)CC1. The van der Waals surface area contributed by atoms with Gasteiger partial charge >= 0.3 is 6.09 Å². The van der Waals surface area contributed by atoms with E-state index in [0.717, 1.165) is 23.4 Å². The van der Waals surface area contributed by atoms with Gasteiger partial charge in [0.1, 0.15) is 12.0 Å². The van der Waals surface area contributed by atoms with E-state index in [1.807, 2.05) is 24.4 Å². The van der Waals surface area contributed by atoms with E-state index in [4.69, 9.17) is 14.9 Å². The van der Waals surface area contributed by atoms with E-state index in [9.17, 15) is 4.79 Å². The van der Waals surface area contributed by atoms with Crippen molar-refractivity contribution in [2.24, 2.45) is 10.7 Å². The minimum atomic E-state index is -0.250. The number of rotatable bonds is 5. The molecule has 0 atom stereocenters. The van der Waals surface area contributed by atoms with Crippen molar-refractivity contribution in [2.75, 3.05) is 19.7 Å². The number of hydrogen-bond donors (Lipinski definition) is 2. The molecule has 0 aromatic carbocycles. The molecule has 0 radical (unpaired) electrons. The molecule has 140 valence electrons. The van der Waals surface area contributed by atoms with Gasteiger partial charge in [0.25, 0.3) is 0 Å². The highest BCUT2D eigenvalue weighted by Crippen LogP contribution is 2.23. The van der Waals surface area contributed by atoms with Gasteiger partial charge in [0, 0.05) is 19.1 Å². The first kappa shape index (κ1) is 18.2. The second-order valence-electron chi connectivity index (χ2n) is 5.93. The first-order chi connectivity index (χ1) is 12.7. The van der Waals surface area contributed by atoms with Gasteiger partial charge in [-0.05, 0) is 31.2 Å². The molecule has 3 N–H and O–H groups in total. The summed E-state index contributed by atoms with van der Waals surface area (Å²) in [5.41, 5.74) is 6.70. The fourth-order valence-electron chi connectivity index (χ4n) is 2.74. The summed E-state index contributed by atoms with van der Waals surface area (Å²) < 4.78 is 10.5. The quantitative estimate of drug-likeness (QED) is 0.612. The minimum Gasteiger partial charge on any atom is -0.450 e. The maximum Gasteiger partial charge on any atom is 0.409 e. The number of thiophene rings is 1. The molecule has 2 aromatic heterocycles. The van der Waals surface area contributed by atoms with Gasteiger partial charge < -0.3 is 25.1 Å². The number of nitrogens with two attached hydrogens (primary N) is 1. The van der Waals surface area contributed by atoms with Gasteiger partial charge in [0.15, 0.2) is 5.96 Å². The molecule has 1 aliphatic heterocycles. The summed E-state index contributed by atoms with van der Waals surface area (Å²) in [5, 5.41) is 5.19. The molecule has 1 saturated heterocycles. The molecule has 1 aliphatic rings. The summed E-state index contributed by atoms with van der Waals surface area (Å²) in [7, 11) is 0. The lowest BCUT2D eigenvalue weighted by Gasteiger charge is -2.31. The third-order valence-corrected chi connectivity index (χ3v) is 4.93. The van der Waals surface area contributed by atoms with Gasteiger partial charge in [-0.2, -0.15) is 0 Å². The molecule has 26 heavy (non-hydrogen) atoms. The number of piperidine rings is 1. The van der Waals surface area contributed by atoms with Gasteiger partial charge in [0.05, 0.1) is 18.0 Å². The number of aliphatic imine (C=N–C) groups is 1. The summed E-state index contributed by atoms with van der Waals surface area (Å²) in [5.74, 6) is 0.975. The van der Waals surface area contributed by atoms with E-state index in [2.05, 4.69) is 15.3 Å². The molecular weight excluding hydrogens is 354 g/mol. The Morgan fingerprint density at radius 2 is 2.35 bits per heavy atom. The zero-order valence-corrected chi connectivity index (χ0v) is 15.5. The second-order valence-corrected chi connectivity index (χ2v) is 6.88. The van der Waals surface area contributed by atoms with E-state index >= 15 is 0 Å². The van der Waals surface area contributed by atoms with Crippen LogP contribution >= 0.6 is 11.3 Å². The fraction of sp³-hybridized carbons (Fsp3) is 0.471. The van der Waals surface area contributed by atoms with Gasteiger partial charge in [-0.25, -0.2) is 14.8 Å². The van der Waals surface area contributed by atoms with E-state index in [1.165, 1.54) is 0 Å². The van der Waals surface area contributed by atoms with Crippen molar-refractivity contribution in [3.63, 3.8) is 0 Å². The number of likely N-dealkylation sites (tertiary alicyclic amines) is 1. The topological polar surface area (TPSA) is 106 Å². The molecule has 3 heterocycles. The Hall–Kier alpha value is -2.55. The van der Waals surface area contributed by atoms with Crippen LogP contribution in [0.1, 0.15) is 25.5 Å². The smallest absolute Gasteiger partial charge is 0.409 e. The number of carbonyl (C=O) groups excluding carboxylic acids is 1.